The van der Waals surface area contributed by atoms with Gasteiger partial charge in [0.25, 0.3) is 0 Å². The summed E-state index contributed by atoms with van der Waals surface area (Å²) in [5.41, 5.74) is -2.04. The van der Waals surface area contributed by atoms with Gasteiger partial charge in [0, 0.05) is 93.3 Å². The molecule has 19 heteroatoms. The quantitative estimate of drug-likeness (QED) is 0.135. The number of hydrogen-bond acceptors (Lipinski definition) is 19. The van der Waals surface area contributed by atoms with E-state index in [2.05, 4.69) is 28.1 Å². The number of nitrogens with zero attached hydrogens (tertiary/aromatic N) is 3. The molecule has 19 atom stereocenters. The van der Waals surface area contributed by atoms with Crippen LogP contribution in [0.2, 0.25) is 0 Å². The fourth-order valence-electron chi connectivity index (χ4n) is 13.2. The number of aromatic nitrogens is 1. The van der Waals surface area contributed by atoms with Crippen LogP contribution < -0.4 is 14.4 Å². The molecule has 79 heavy (non-hydrogen) atoms. The van der Waals surface area contributed by atoms with Gasteiger partial charge in [-0.15, -0.1) is 11.8 Å². The topological polar surface area (TPSA) is 196 Å². The number of likely N-dealkylation sites (N-methyl/N-ethyl adjacent to an activating group) is 1. The van der Waals surface area contributed by atoms with Crippen molar-refractivity contribution < 1.29 is 71.9 Å². The lowest BCUT2D eigenvalue weighted by molar-refractivity contribution is -0.319. The van der Waals surface area contributed by atoms with Crippen LogP contribution >= 0.6 is 11.8 Å². The van der Waals surface area contributed by atoms with Crippen LogP contribution in [-0.2, 0) is 58.8 Å². The predicted octanol–water partition coefficient (Wildman–Crippen LogP) is 8.20. The van der Waals surface area contributed by atoms with E-state index in [0.717, 1.165) is 36.9 Å². The second kappa shape index (κ2) is 27.5. The number of Topliss-reactive ketones (excluding diaryl/α,β-unsaturated/α-hetero) is 1. The van der Waals surface area contributed by atoms with Crippen molar-refractivity contribution in [1.29, 1.82) is 0 Å². The Kier molecular flexibility index (Phi) is 22.0. The summed E-state index contributed by atoms with van der Waals surface area (Å²) < 4.78 is 71.8. The molecule has 2 N–H and O–H groups in total. The number of aliphatic hydroxyl groups excluding tert-OH is 2. The van der Waals surface area contributed by atoms with Crippen LogP contribution in [0.5, 0.6) is 11.5 Å². The number of fused-ring (bicyclic) bond motifs is 1. The predicted molar refractivity (Wildman–Crippen MR) is 301 cm³/mol. The minimum atomic E-state index is -1.25. The van der Waals surface area contributed by atoms with E-state index in [4.69, 9.17) is 52.1 Å². The monoisotopic (exact) mass is 1130 g/mol. The van der Waals surface area contributed by atoms with Crippen molar-refractivity contribution in [2.24, 2.45) is 29.6 Å². The van der Waals surface area contributed by atoms with Gasteiger partial charge in [0.05, 0.1) is 54.7 Å². The number of ether oxygens (including phenoxy) is 11. The number of pyridine rings is 1. The van der Waals surface area contributed by atoms with Gasteiger partial charge in [-0.2, -0.15) is 0 Å². The third-order valence-electron chi connectivity index (χ3n) is 18.1. The number of ketones is 1. The first-order chi connectivity index (χ1) is 37.5. The van der Waals surface area contributed by atoms with Gasteiger partial charge in [0.1, 0.15) is 41.9 Å². The maximum Gasteiger partial charge on any atom is 0.311 e. The maximum absolute atomic E-state index is 15.5. The van der Waals surface area contributed by atoms with Crippen molar-refractivity contribution >= 4 is 29.2 Å². The number of anilines is 1. The van der Waals surface area contributed by atoms with E-state index in [-0.39, 0.29) is 43.7 Å². The Labute approximate surface area is 474 Å². The van der Waals surface area contributed by atoms with E-state index in [1.165, 1.54) is 0 Å². The van der Waals surface area contributed by atoms with Gasteiger partial charge in [0.2, 0.25) is 0 Å². The van der Waals surface area contributed by atoms with Gasteiger partial charge in [-0.3, -0.25) is 14.6 Å². The van der Waals surface area contributed by atoms with Crippen molar-refractivity contribution in [2.45, 2.75) is 217 Å². The van der Waals surface area contributed by atoms with Gasteiger partial charge < -0.3 is 72.1 Å². The molecule has 0 bridgehead atoms. The van der Waals surface area contributed by atoms with Gasteiger partial charge in [-0.25, -0.2) is 0 Å². The lowest BCUT2D eigenvalue weighted by atomic mass is 9.70. The summed E-state index contributed by atoms with van der Waals surface area (Å²) in [4.78, 5) is 39.4. The molecule has 7 unspecified atom stereocenters. The molecule has 0 amide bonds. The Morgan fingerprint density at radius 1 is 0.886 bits per heavy atom. The molecule has 1 aromatic carbocycles. The summed E-state index contributed by atoms with van der Waals surface area (Å²) in [7, 11) is 8.62. The third kappa shape index (κ3) is 14.4. The number of thioether (sulfide) groups is 1. The molecule has 0 spiro atoms. The molecule has 1 aliphatic carbocycles. The zero-order valence-electron chi connectivity index (χ0n) is 49.8. The standard InChI is InChI=1S/C60H95N3O15S/c1-16-47-60(10)49(57(71-34-72-60)79-27-26-63(33-41-20-19-25-61-32-41)42-23-24-45(68-13)46(29-42)75-43-21-17-18-22-43)37(4)50(64)35(2)30-59(9,70-15)54(78-56-51(65)44(62(11)12)28-36(3)73-56)38(5)52(39(6)55(67)76-47)77-48-31-58(8,69-14)53(66)40(7)74-48/h19-20,23-25,29,32,35-40,43-44,47-49,51-54,56-57,65-66H,16-18,21-22,26-28,30-31,33-34H2,1-15H3/t35-,36-,37?,38+,39?,40+,44?,47-,48+,49?,51-,52+,53+,54-,56+,57?,58?,59?,60-/m1/s1. The second-order valence-corrected chi connectivity index (χ2v) is 25.2. The van der Waals surface area contributed by atoms with E-state index in [1.54, 1.807) is 53.1 Å². The molecule has 2 aromatic rings. The average Bonchev–Trinajstić information content (AvgIpc) is 4.02. The molecule has 1 saturated carbocycles. The second-order valence-electron chi connectivity index (χ2n) is 24.0. The highest BCUT2D eigenvalue weighted by Crippen LogP contribution is 2.48. The number of rotatable bonds is 18. The molecular weight excluding hydrogens is 1030 g/mol. The molecule has 18 nitrogen and oxygen atoms in total. The summed E-state index contributed by atoms with van der Waals surface area (Å²) in [5, 5.41) is 23.2. The fraction of sp³-hybridized carbons (Fsp3) is 0.783. The highest BCUT2D eigenvalue weighted by atomic mass is 32.2. The molecule has 0 radical (unpaired) electrons. The van der Waals surface area contributed by atoms with E-state index in [1.807, 2.05) is 92.7 Å². The average molecular weight is 1130 g/mol. The number of aliphatic hydroxyl groups is 2. The highest BCUT2D eigenvalue weighted by molar-refractivity contribution is 7.99. The Hall–Kier alpha value is -3.18. The molecule has 5 aliphatic rings. The molecule has 446 valence electrons. The number of carbonyl (C=O) groups is 2. The molecule has 4 aliphatic heterocycles. The lowest BCUT2D eigenvalue weighted by Crippen LogP contribution is -2.62. The van der Waals surface area contributed by atoms with Crippen LogP contribution in [-0.4, -0.2) is 176 Å². The zero-order chi connectivity index (χ0) is 57.6. The van der Waals surface area contributed by atoms with Crippen molar-refractivity contribution in [2.75, 3.05) is 59.4 Å². The van der Waals surface area contributed by atoms with E-state index >= 15 is 9.59 Å². The minimum Gasteiger partial charge on any atom is -0.493 e. The highest BCUT2D eigenvalue weighted by Gasteiger charge is 2.57. The van der Waals surface area contributed by atoms with Gasteiger partial charge in [0.15, 0.2) is 24.1 Å². The Morgan fingerprint density at radius 2 is 1.61 bits per heavy atom. The number of cyclic esters (lactones) is 1. The lowest BCUT2D eigenvalue weighted by Gasteiger charge is -2.52. The van der Waals surface area contributed by atoms with Crippen LogP contribution in [0.3, 0.4) is 0 Å². The largest absolute Gasteiger partial charge is 0.493 e. The molecule has 7 rings (SSSR count). The van der Waals surface area contributed by atoms with Crippen LogP contribution in [0.15, 0.2) is 42.7 Å². The van der Waals surface area contributed by atoms with Crippen molar-refractivity contribution in [3.8, 4) is 11.5 Å². The molecule has 1 aromatic heterocycles. The summed E-state index contributed by atoms with van der Waals surface area (Å²) in [6.45, 7) is 19.9. The number of methoxy groups -OCH3 is 3. The summed E-state index contributed by atoms with van der Waals surface area (Å²) in [6.07, 6.45) is 1.57. The van der Waals surface area contributed by atoms with E-state index in [9.17, 15) is 10.2 Å². The normalized spacial score (nSPS) is 39.2. The third-order valence-corrected chi connectivity index (χ3v) is 19.3. The van der Waals surface area contributed by atoms with Gasteiger partial charge in [-0.1, -0.05) is 33.8 Å². The maximum atomic E-state index is 15.5. The van der Waals surface area contributed by atoms with E-state index < -0.39 is 107 Å². The van der Waals surface area contributed by atoms with Crippen molar-refractivity contribution in [1.82, 2.24) is 9.88 Å². The van der Waals surface area contributed by atoms with Crippen LogP contribution in [0.25, 0.3) is 0 Å². The molecule has 5 fully saturated rings. The van der Waals surface area contributed by atoms with Crippen LogP contribution in [0, 0.1) is 29.6 Å². The first kappa shape index (κ1) is 63.4. The summed E-state index contributed by atoms with van der Waals surface area (Å²) in [6, 6.07) is 9.79. The summed E-state index contributed by atoms with van der Waals surface area (Å²) >= 11 is 1.61. The zero-order valence-corrected chi connectivity index (χ0v) is 50.6. The Bertz CT molecular complexity index is 2260. The van der Waals surface area contributed by atoms with Crippen molar-refractivity contribution in [3.05, 3.63) is 48.3 Å². The molecule has 4 saturated heterocycles. The number of benzene rings is 1. The van der Waals surface area contributed by atoms with Crippen LogP contribution in [0.1, 0.15) is 126 Å². The van der Waals surface area contributed by atoms with Gasteiger partial charge >= 0.3 is 5.97 Å². The summed E-state index contributed by atoms with van der Waals surface area (Å²) in [5.74, 6) is -2.15. The number of esters is 1. The number of carbonyl (C=O) groups excluding carboxylic acids is 2. The van der Waals surface area contributed by atoms with Gasteiger partial charge in [-0.05, 0) is 124 Å². The Balaban J connectivity index is 1.25. The first-order valence-electron chi connectivity index (χ1n) is 28.9. The first-order valence-corrected chi connectivity index (χ1v) is 29.9. The Morgan fingerprint density at radius 3 is 2.25 bits per heavy atom. The fourth-order valence-corrected chi connectivity index (χ4v) is 14.6. The minimum absolute atomic E-state index is 0.0477. The molecular formula is C60H95N3O15S. The van der Waals surface area contributed by atoms with E-state index in [0.29, 0.717) is 43.2 Å². The smallest absolute Gasteiger partial charge is 0.311 e. The van der Waals surface area contributed by atoms with Crippen molar-refractivity contribution in [3.63, 3.8) is 0 Å². The van der Waals surface area contributed by atoms with Crippen LogP contribution in [0.4, 0.5) is 5.69 Å². The SMILES string of the molecule is CC[C@H]1OC(=O)C(C)[C@@H](O[C@H]2CC(C)(OC)[C@@H](O)[C@H](C)O2)[C@H](C)[C@@H](O[C@@H]2O[C@H](C)CC(N(C)C)[C@H]2O)C(C)(OC)C[C@@H](C)C(=O)C(C)C2C(SCCN(Cc3cccnc3)c3ccc(OC)c(OC4CCCC4)c3)OCO[C@@]21C. The molecule has 5 heterocycles. The number of hydrogen-bond donors (Lipinski definition) is 2.